The number of halogens is 1. The first-order valence-electron chi connectivity index (χ1n) is 7.83. The van der Waals surface area contributed by atoms with Gasteiger partial charge in [0.1, 0.15) is 5.69 Å². The van der Waals surface area contributed by atoms with Crippen LogP contribution in [0.1, 0.15) is 16.9 Å². The van der Waals surface area contributed by atoms with Crippen LogP contribution in [0.3, 0.4) is 0 Å². The summed E-state index contributed by atoms with van der Waals surface area (Å²) >= 11 is 7.51. The quantitative estimate of drug-likeness (QED) is 0.661. The molecule has 6 nitrogen and oxygen atoms in total. The zero-order valence-electron chi connectivity index (χ0n) is 14.0. The van der Waals surface area contributed by atoms with Crippen molar-refractivity contribution < 1.29 is 4.79 Å². The summed E-state index contributed by atoms with van der Waals surface area (Å²) in [6, 6.07) is 5.53. The lowest BCUT2D eigenvalue weighted by molar-refractivity contribution is 0.0981. The van der Waals surface area contributed by atoms with Gasteiger partial charge in [0.25, 0.3) is 5.91 Å². The van der Waals surface area contributed by atoms with Gasteiger partial charge >= 0.3 is 0 Å². The van der Waals surface area contributed by atoms with Crippen LogP contribution in [0.4, 0.5) is 5.13 Å². The normalized spacial score (nSPS) is 11.2. The van der Waals surface area contributed by atoms with Gasteiger partial charge in [-0.2, -0.15) is 0 Å². The van der Waals surface area contributed by atoms with E-state index in [4.69, 9.17) is 11.6 Å². The van der Waals surface area contributed by atoms with E-state index in [1.54, 1.807) is 17.2 Å². The van der Waals surface area contributed by atoms with Crippen molar-refractivity contribution in [1.82, 2.24) is 19.9 Å². The molecule has 0 N–H and O–H groups in total. The number of fused-ring (bicyclic) bond motifs is 1. The largest absolute Gasteiger partial charge is 0.309 e. The molecule has 0 unspecified atom stereocenters. The minimum Gasteiger partial charge on any atom is -0.309 e. The number of anilines is 1. The fourth-order valence-corrected chi connectivity index (χ4v) is 3.64. The molecule has 0 aliphatic heterocycles. The molecule has 2 aromatic heterocycles. The molecule has 0 aliphatic carbocycles. The van der Waals surface area contributed by atoms with Crippen molar-refractivity contribution in [3.05, 3.63) is 47.5 Å². The molecule has 0 saturated heterocycles. The highest BCUT2D eigenvalue weighted by Crippen LogP contribution is 2.31. The highest BCUT2D eigenvalue weighted by atomic mass is 35.5. The van der Waals surface area contributed by atoms with Gasteiger partial charge in [-0.3, -0.25) is 14.7 Å². The third-order valence-electron chi connectivity index (χ3n) is 3.58. The first kappa shape index (κ1) is 17.7. The lowest BCUT2D eigenvalue weighted by Gasteiger charge is -2.20. The first-order chi connectivity index (χ1) is 12.0. The maximum absolute atomic E-state index is 12.9. The summed E-state index contributed by atoms with van der Waals surface area (Å²) in [6.45, 7) is 1.43. The van der Waals surface area contributed by atoms with E-state index in [-0.39, 0.29) is 5.91 Å². The molecule has 3 rings (SSSR count). The topological polar surface area (TPSA) is 62.2 Å². The van der Waals surface area contributed by atoms with Gasteiger partial charge in [-0.15, -0.1) is 0 Å². The molecule has 3 aromatic rings. The molecule has 1 aromatic carbocycles. The van der Waals surface area contributed by atoms with Crippen molar-refractivity contribution in [2.24, 2.45) is 0 Å². The summed E-state index contributed by atoms with van der Waals surface area (Å²) in [6.07, 6.45) is 5.37. The smallest absolute Gasteiger partial charge is 0.280 e. The van der Waals surface area contributed by atoms with Gasteiger partial charge in [0.05, 0.1) is 16.4 Å². The molecule has 8 heteroatoms. The van der Waals surface area contributed by atoms with E-state index in [2.05, 4.69) is 19.9 Å². The fraction of sp³-hybridized carbons (Fsp3) is 0.294. The van der Waals surface area contributed by atoms with Crippen LogP contribution in [-0.4, -0.2) is 52.9 Å². The fourth-order valence-electron chi connectivity index (χ4n) is 2.38. The molecular formula is C17H18ClN5OS. The minimum absolute atomic E-state index is 0.197. The van der Waals surface area contributed by atoms with E-state index in [9.17, 15) is 4.79 Å². The second kappa shape index (κ2) is 7.86. The molecule has 25 heavy (non-hydrogen) atoms. The van der Waals surface area contributed by atoms with Crippen LogP contribution in [0.5, 0.6) is 0 Å². The minimum atomic E-state index is -0.197. The lowest BCUT2D eigenvalue weighted by atomic mass is 10.3. The average Bonchev–Trinajstić information content (AvgIpc) is 3.01. The number of amides is 1. The van der Waals surface area contributed by atoms with Gasteiger partial charge in [0.2, 0.25) is 0 Å². The second-order valence-corrected chi connectivity index (χ2v) is 7.26. The van der Waals surface area contributed by atoms with Crippen molar-refractivity contribution in [1.29, 1.82) is 0 Å². The number of nitrogens with zero attached hydrogens (tertiary/aromatic N) is 5. The maximum Gasteiger partial charge on any atom is 0.280 e. The first-order valence-corrected chi connectivity index (χ1v) is 9.03. The van der Waals surface area contributed by atoms with Crippen LogP contribution < -0.4 is 4.90 Å². The Morgan fingerprint density at radius 1 is 1.24 bits per heavy atom. The van der Waals surface area contributed by atoms with E-state index < -0.39 is 0 Å². The van der Waals surface area contributed by atoms with Crippen LogP contribution in [0.25, 0.3) is 10.2 Å². The Morgan fingerprint density at radius 3 is 2.80 bits per heavy atom. The molecule has 0 fully saturated rings. The summed E-state index contributed by atoms with van der Waals surface area (Å²) in [5, 5.41) is 1.30. The average molecular weight is 376 g/mol. The van der Waals surface area contributed by atoms with E-state index >= 15 is 0 Å². The van der Waals surface area contributed by atoms with E-state index in [1.165, 1.54) is 23.7 Å². The molecule has 0 atom stereocenters. The zero-order chi connectivity index (χ0) is 17.8. The van der Waals surface area contributed by atoms with Gasteiger partial charge in [-0.1, -0.05) is 22.9 Å². The van der Waals surface area contributed by atoms with Gasteiger partial charge < -0.3 is 4.90 Å². The van der Waals surface area contributed by atoms with Crippen molar-refractivity contribution >= 4 is 44.2 Å². The highest BCUT2D eigenvalue weighted by molar-refractivity contribution is 7.22. The molecule has 0 bridgehead atoms. The Hall–Kier alpha value is -2.09. The summed E-state index contributed by atoms with van der Waals surface area (Å²) in [5.41, 5.74) is 1.14. The summed E-state index contributed by atoms with van der Waals surface area (Å²) < 4.78 is 0.951. The Morgan fingerprint density at radius 2 is 2.08 bits per heavy atom. The Labute approximate surface area is 155 Å². The van der Waals surface area contributed by atoms with E-state index in [0.29, 0.717) is 22.4 Å². The van der Waals surface area contributed by atoms with Gasteiger partial charge in [-0.05, 0) is 45.3 Å². The molecule has 1 amide bonds. The van der Waals surface area contributed by atoms with Crippen molar-refractivity contribution in [2.45, 2.75) is 6.42 Å². The molecule has 0 spiro atoms. The van der Waals surface area contributed by atoms with Crippen molar-refractivity contribution in [3.8, 4) is 0 Å². The molecule has 0 saturated carbocycles. The predicted molar refractivity (Wildman–Crippen MR) is 102 cm³/mol. The summed E-state index contributed by atoms with van der Waals surface area (Å²) in [7, 11) is 4.02. The number of hydrogen-bond donors (Lipinski definition) is 0. The number of carbonyl (C=O) groups is 1. The van der Waals surface area contributed by atoms with Crippen LogP contribution in [0.15, 0.2) is 36.8 Å². The third-order valence-corrected chi connectivity index (χ3v) is 4.86. The standard InChI is InChI=1S/C17H18ClN5OS/c1-22(2)8-3-9-23(16(24)14-11-19-6-7-20-14)17-21-13-5-4-12(18)10-15(13)25-17/h4-7,10-11H,3,8-9H2,1-2H3. The molecule has 2 heterocycles. The number of rotatable bonds is 6. The SMILES string of the molecule is CN(C)CCCN(C(=O)c1cnccn1)c1nc2ccc(Cl)cc2s1. The zero-order valence-corrected chi connectivity index (χ0v) is 15.6. The maximum atomic E-state index is 12.9. The molecular weight excluding hydrogens is 358 g/mol. The molecule has 130 valence electrons. The van der Waals surface area contributed by atoms with Crippen molar-refractivity contribution in [2.75, 3.05) is 32.1 Å². The predicted octanol–water partition coefficient (Wildman–Crippen LogP) is 3.34. The lowest BCUT2D eigenvalue weighted by Crippen LogP contribution is -2.34. The van der Waals surface area contributed by atoms with Crippen LogP contribution in [-0.2, 0) is 0 Å². The monoisotopic (exact) mass is 375 g/mol. The van der Waals surface area contributed by atoms with E-state index in [1.807, 2.05) is 26.2 Å². The Bertz CT molecular complexity index is 868. The summed E-state index contributed by atoms with van der Waals surface area (Å²) in [5.74, 6) is -0.197. The molecule has 0 radical (unpaired) electrons. The van der Waals surface area contributed by atoms with Crippen molar-refractivity contribution in [3.63, 3.8) is 0 Å². The van der Waals surface area contributed by atoms with Gasteiger partial charge in [0.15, 0.2) is 5.13 Å². The van der Waals surface area contributed by atoms with Gasteiger partial charge in [-0.25, -0.2) is 9.97 Å². The number of thiazole rings is 1. The highest BCUT2D eigenvalue weighted by Gasteiger charge is 2.22. The summed E-state index contributed by atoms with van der Waals surface area (Å²) in [4.78, 5) is 29.4. The van der Waals surface area contributed by atoms with Crippen LogP contribution >= 0.6 is 22.9 Å². The Balaban J connectivity index is 1.92. The molecule has 0 aliphatic rings. The van der Waals surface area contributed by atoms with Crippen LogP contribution in [0.2, 0.25) is 5.02 Å². The number of carbonyl (C=O) groups excluding carboxylic acids is 1. The number of hydrogen-bond acceptors (Lipinski definition) is 6. The van der Waals surface area contributed by atoms with Crippen LogP contribution in [0, 0.1) is 0 Å². The number of benzene rings is 1. The van der Waals surface area contributed by atoms with Gasteiger partial charge in [0, 0.05) is 24.0 Å². The Kier molecular flexibility index (Phi) is 5.57. The second-order valence-electron chi connectivity index (χ2n) is 5.81. The van der Waals surface area contributed by atoms with E-state index in [0.717, 1.165) is 23.2 Å². The third kappa shape index (κ3) is 4.31. The number of aromatic nitrogens is 3.